The summed E-state index contributed by atoms with van der Waals surface area (Å²) < 4.78 is 2.92. The average Bonchev–Trinajstić information content (AvgIpc) is 3.52. The Hall–Kier alpha value is -3.56. The van der Waals surface area contributed by atoms with Crippen molar-refractivity contribution in [3.63, 3.8) is 0 Å². The van der Waals surface area contributed by atoms with Gasteiger partial charge >= 0.3 is 0 Å². The van der Waals surface area contributed by atoms with Gasteiger partial charge in [-0.25, -0.2) is 4.98 Å². The Morgan fingerprint density at radius 2 is 1.76 bits per heavy atom. The van der Waals surface area contributed by atoms with Crippen molar-refractivity contribution in [2.24, 2.45) is 0 Å². The van der Waals surface area contributed by atoms with E-state index in [4.69, 9.17) is 0 Å². The second-order valence-corrected chi connectivity index (χ2v) is 9.69. The first-order valence-electron chi connectivity index (χ1n) is 10.9. The van der Waals surface area contributed by atoms with E-state index in [1.807, 2.05) is 72.8 Å². The van der Waals surface area contributed by atoms with Crippen LogP contribution in [0.2, 0.25) is 0 Å². The molecule has 0 radical (unpaired) electrons. The number of tetrazole rings is 1. The number of thioether (sulfide) groups is 1. The highest BCUT2D eigenvalue weighted by atomic mass is 32.2. The van der Waals surface area contributed by atoms with Crippen LogP contribution in [0.3, 0.4) is 0 Å². The van der Waals surface area contributed by atoms with Crippen LogP contribution in [0.4, 0.5) is 0 Å². The summed E-state index contributed by atoms with van der Waals surface area (Å²) >= 11 is 3.26. The lowest BCUT2D eigenvalue weighted by molar-refractivity contribution is 0.0950. The molecule has 34 heavy (non-hydrogen) atoms. The van der Waals surface area contributed by atoms with Gasteiger partial charge in [-0.05, 0) is 53.2 Å². The minimum Gasteiger partial charge on any atom is -0.352 e. The number of carbonyl (C=O) groups is 1. The molecular formula is C25H22N6OS2. The van der Waals surface area contributed by atoms with Gasteiger partial charge in [-0.15, -0.1) is 28.2 Å². The summed E-state index contributed by atoms with van der Waals surface area (Å²) in [5.74, 6) is 1.20. The third-order valence-electron chi connectivity index (χ3n) is 5.21. The summed E-state index contributed by atoms with van der Waals surface area (Å²) in [5.41, 5.74) is 2.60. The minimum atomic E-state index is -0.0740. The lowest BCUT2D eigenvalue weighted by Gasteiger charge is -2.10. The molecule has 5 rings (SSSR count). The van der Waals surface area contributed by atoms with Crippen LogP contribution in [0.5, 0.6) is 0 Å². The summed E-state index contributed by atoms with van der Waals surface area (Å²) in [4.78, 5) is 18.4. The maximum atomic E-state index is 12.9. The number of carbonyl (C=O) groups excluding carboxylic acids is 1. The number of rotatable bonds is 9. The number of fused-ring (bicyclic) bond motifs is 1. The lowest BCUT2D eigenvalue weighted by atomic mass is 10.2. The maximum Gasteiger partial charge on any atom is 0.252 e. The van der Waals surface area contributed by atoms with Gasteiger partial charge in [-0.1, -0.05) is 42.5 Å². The minimum absolute atomic E-state index is 0.0740. The van der Waals surface area contributed by atoms with Crippen molar-refractivity contribution in [3.05, 3.63) is 95.3 Å². The summed E-state index contributed by atoms with van der Waals surface area (Å²) in [6, 6.07) is 25.6. The molecule has 7 nitrogen and oxygen atoms in total. The third-order valence-corrected chi connectivity index (χ3v) is 7.38. The standard InChI is InChI=1S/C25H22N6OS2/c32-25(26-16-8-15-24-27-20-12-5-7-14-22(20)34-24)19-11-4-6-13-21(19)33-17-23-28-29-30-31(23)18-9-2-1-3-10-18/h1-7,9-14H,8,15-17H2,(H,26,32). The maximum absolute atomic E-state index is 12.9. The highest BCUT2D eigenvalue weighted by Crippen LogP contribution is 2.26. The van der Waals surface area contributed by atoms with Crippen molar-refractivity contribution in [2.75, 3.05) is 6.54 Å². The largest absolute Gasteiger partial charge is 0.352 e. The number of amides is 1. The Balaban J connectivity index is 1.18. The Kier molecular flexibility index (Phi) is 6.92. The van der Waals surface area contributed by atoms with Crippen LogP contribution in [0.25, 0.3) is 15.9 Å². The molecule has 3 aromatic carbocycles. The smallest absolute Gasteiger partial charge is 0.252 e. The fourth-order valence-corrected chi connectivity index (χ4v) is 5.52. The van der Waals surface area contributed by atoms with Crippen LogP contribution < -0.4 is 5.32 Å². The SMILES string of the molecule is O=C(NCCCc1nc2ccccc2s1)c1ccccc1SCc1nnnn1-c1ccccc1. The predicted molar refractivity (Wildman–Crippen MR) is 135 cm³/mol. The fourth-order valence-electron chi connectivity index (χ4n) is 3.55. The molecule has 0 fully saturated rings. The number of hydrogen-bond acceptors (Lipinski definition) is 7. The number of aromatic nitrogens is 5. The highest BCUT2D eigenvalue weighted by Gasteiger charge is 2.14. The van der Waals surface area contributed by atoms with Gasteiger partial charge in [0.15, 0.2) is 5.82 Å². The van der Waals surface area contributed by atoms with E-state index in [0.717, 1.165) is 39.8 Å². The van der Waals surface area contributed by atoms with Gasteiger partial charge in [0.25, 0.3) is 5.91 Å². The fraction of sp³-hybridized carbons (Fsp3) is 0.160. The van der Waals surface area contributed by atoms with Crippen molar-refractivity contribution >= 4 is 39.2 Å². The number of thiazole rings is 1. The van der Waals surface area contributed by atoms with Gasteiger partial charge in [0, 0.05) is 17.9 Å². The van der Waals surface area contributed by atoms with E-state index >= 15 is 0 Å². The summed E-state index contributed by atoms with van der Waals surface area (Å²) in [6.45, 7) is 0.597. The summed E-state index contributed by atoms with van der Waals surface area (Å²) in [6.07, 6.45) is 1.69. The van der Waals surface area contributed by atoms with E-state index in [9.17, 15) is 4.79 Å². The molecule has 0 atom stereocenters. The van der Waals surface area contributed by atoms with E-state index < -0.39 is 0 Å². The van der Waals surface area contributed by atoms with Crippen LogP contribution in [0.15, 0.2) is 83.8 Å². The van der Waals surface area contributed by atoms with Gasteiger partial charge in [-0.3, -0.25) is 4.79 Å². The Labute approximate surface area is 205 Å². The van der Waals surface area contributed by atoms with E-state index in [1.165, 1.54) is 4.70 Å². The Morgan fingerprint density at radius 3 is 2.65 bits per heavy atom. The first-order valence-corrected chi connectivity index (χ1v) is 12.8. The molecule has 1 amide bonds. The van der Waals surface area contributed by atoms with Gasteiger partial charge in [0.1, 0.15) is 0 Å². The normalized spacial score (nSPS) is 11.1. The van der Waals surface area contributed by atoms with Crippen LogP contribution in [-0.4, -0.2) is 37.6 Å². The lowest BCUT2D eigenvalue weighted by Crippen LogP contribution is -2.25. The monoisotopic (exact) mass is 486 g/mol. The molecule has 0 saturated carbocycles. The predicted octanol–water partition coefficient (Wildman–Crippen LogP) is 4.93. The molecule has 0 unspecified atom stereocenters. The van der Waals surface area contributed by atoms with E-state index in [-0.39, 0.29) is 5.91 Å². The molecule has 2 aromatic heterocycles. The molecular weight excluding hydrogens is 464 g/mol. The van der Waals surface area contributed by atoms with E-state index in [0.29, 0.717) is 17.9 Å². The van der Waals surface area contributed by atoms with Crippen molar-refractivity contribution in [3.8, 4) is 5.69 Å². The van der Waals surface area contributed by atoms with Gasteiger partial charge in [-0.2, -0.15) is 4.68 Å². The molecule has 0 saturated heterocycles. The Morgan fingerprint density at radius 1 is 0.971 bits per heavy atom. The number of hydrogen-bond donors (Lipinski definition) is 1. The summed E-state index contributed by atoms with van der Waals surface area (Å²) in [7, 11) is 0. The van der Waals surface area contributed by atoms with Crippen molar-refractivity contribution in [1.82, 2.24) is 30.5 Å². The molecule has 0 aliphatic rings. The summed E-state index contributed by atoms with van der Waals surface area (Å²) in [5, 5.41) is 16.2. The molecule has 0 bridgehead atoms. The first kappa shape index (κ1) is 22.2. The molecule has 5 aromatic rings. The number of nitrogens with one attached hydrogen (secondary N) is 1. The molecule has 1 N–H and O–H groups in total. The number of nitrogens with zero attached hydrogens (tertiary/aromatic N) is 5. The molecule has 170 valence electrons. The van der Waals surface area contributed by atoms with Crippen molar-refractivity contribution in [1.29, 1.82) is 0 Å². The molecule has 0 spiro atoms. The van der Waals surface area contributed by atoms with Gasteiger partial charge in [0.05, 0.1) is 32.2 Å². The van der Waals surface area contributed by atoms with E-state index in [1.54, 1.807) is 27.8 Å². The van der Waals surface area contributed by atoms with Crippen LogP contribution in [0, 0.1) is 0 Å². The molecule has 2 heterocycles. The van der Waals surface area contributed by atoms with Crippen molar-refractivity contribution < 1.29 is 4.79 Å². The van der Waals surface area contributed by atoms with Crippen LogP contribution >= 0.6 is 23.1 Å². The van der Waals surface area contributed by atoms with Crippen LogP contribution in [-0.2, 0) is 12.2 Å². The van der Waals surface area contributed by atoms with Crippen LogP contribution in [0.1, 0.15) is 27.6 Å². The molecule has 9 heteroatoms. The average molecular weight is 487 g/mol. The second kappa shape index (κ2) is 10.6. The number of aryl methyl sites for hydroxylation is 1. The van der Waals surface area contributed by atoms with E-state index in [2.05, 4.69) is 31.9 Å². The zero-order valence-corrected chi connectivity index (χ0v) is 19.9. The van der Waals surface area contributed by atoms with Gasteiger partial charge in [0.2, 0.25) is 0 Å². The topological polar surface area (TPSA) is 85.6 Å². The third kappa shape index (κ3) is 5.16. The van der Waals surface area contributed by atoms with Gasteiger partial charge < -0.3 is 5.32 Å². The Bertz CT molecular complexity index is 1370. The number of benzene rings is 3. The molecule has 0 aliphatic carbocycles. The zero-order valence-electron chi connectivity index (χ0n) is 18.3. The first-order chi connectivity index (χ1) is 16.8. The number of para-hydroxylation sites is 2. The zero-order chi connectivity index (χ0) is 23.2. The second-order valence-electron chi connectivity index (χ2n) is 7.56. The molecule has 0 aliphatic heterocycles. The quantitative estimate of drug-likeness (QED) is 0.235. The van der Waals surface area contributed by atoms with Crippen molar-refractivity contribution in [2.45, 2.75) is 23.5 Å². The highest BCUT2D eigenvalue weighted by molar-refractivity contribution is 7.98.